The van der Waals surface area contributed by atoms with E-state index >= 15 is 0 Å². The molecule has 2 amide bonds. The van der Waals surface area contributed by atoms with Crippen molar-refractivity contribution in [3.8, 4) is 11.3 Å². The van der Waals surface area contributed by atoms with Gasteiger partial charge in [0.1, 0.15) is 0 Å². The summed E-state index contributed by atoms with van der Waals surface area (Å²) in [7, 11) is 0. The van der Waals surface area contributed by atoms with Gasteiger partial charge in [-0.3, -0.25) is 9.59 Å². The lowest BCUT2D eigenvalue weighted by Gasteiger charge is -2.25. The molecule has 0 bridgehead atoms. The van der Waals surface area contributed by atoms with Gasteiger partial charge in [-0.2, -0.15) is 11.8 Å². The molecule has 8 heteroatoms. The van der Waals surface area contributed by atoms with Crippen LogP contribution in [0.1, 0.15) is 54.9 Å². The predicted molar refractivity (Wildman–Crippen MR) is 124 cm³/mol. The Bertz CT molecular complexity index is 898. The smallest absolute Gasteiger partial charge is 0.276 e. The van der Waals surface area contributed by atoms with Gasteiger partial charge in [-0.25, -0.2) is 4.98 Å². The highest BCUT2D eigenvalue weighted by Gasteiger charge is 2.29. The van der Waals surface area contributed by atoms with Gasteiger partial charge in [-0.15, -0.1) is 0 Å². The molecule has 0 saturated carbocycles. The molecule has 2 aromatic rings. The Kier molecular flexibility index (Phi) is 7.29. The SMILES string of the molecule is CC(=O)Nc1ccc(-c2oc(C3CCCCNCC3)nc2C(=O)N2CCSCC2)cc1. The molecule has 1 unspecified atom stereocenters. The number of benzene rings is 1. The highest BCUT2D eigenvalue weighted by atomic mass is 32.2. The number of amides is 2. The molecule has 1 aromatic carbocycles. The Labute approximate surface area is 187 Å². The Morgan fingerprint density at radius 3 is 2.65 bits per heavy atom. The number of nitrogens with one attached hydrogen (secondary N) is 2. The van der Waals surface area contributed by atoms with Gasteiger partial charge in [-0.05, 0) is 56.6 Å². The molecule has 3 heterocycles. The number of thioether (sulfide) groups is 1. The maximum atomic E-state index is 13.4. The second-order valence-electron chi connectivity index (χ2n) is 8.12. The van der Waals surface area contributed by atoms with Crippen molar-refractivity contribution in [1.29, 1.82) is 0 Å². The van der Waals surface area contributed by atoms with Crippen LogP contribution in [0.25, 0.3) is 11.3 Å². The Morgan fingerprint density at radius 2 is 1.90 bits per heavy atom. The van der Waals surface area contributed by atoms with Crippen LogP contribution >= 0.6 is 11.8 Å². The Balaban J connectivity index is 1.66. The lowest BCUT2D eigenvalue weighted by atomic mass is 9.96. The summed E-state index contributed by atoms with van der Waals surface area (Å²) in [6, 6.07) is 7.39. The first-order chi connectivity index (χ1) is 15.1. The molecule has 166 valence electrons. The van der Waals surface area contributed by atoms with E-state index in [1.54, 1.807) is 0 Å². The predicted octanol–water partition coefficient (Wildman–Crippen LogP) is 3.74. The third-order valence-corrected chi connectivity index (χ3v) is 6.73. The summed E-state index contributed by atoms with van der Waals surface area (Å²) in [5.74, 6) is 3.13. The van der Waals surface area contributed by atoms with Gasteiger partial charge in [0, 0.05) is 48.7 Å². The highest BCUT2D eigenvalue weighted by Crippen LogP contribution is 2.33. The molecular weight excluding hydrogens is 412 g/mol. The summed E-state index contributed by atoms with van der Waals surface area (Å²) in [5.41, 5.74) is 1.92. The van der Waals surface area contributed by atoms with E-state index in [0.717, 1.165) is 68.9 Å². The van der Waals surface area contributed by atoms with Gasteiger partial charge in [0.15, 0.2) is 17.3 Å². The van der Waals surface area contributed by atoms with E-state index in [9.17, 15) is 9.59 Å². The average molecular weight is 443 g/mol. The molecule has 7 nitrogen and oxygen atoms in total. The number of carbonyl (C=O) groups excluding carboxylic acids is 2. The maximum Gasteiger partial charge on any atom is 0.276 e. The Morgan fingerprint density at radius 1 is 1.13 bits per heavy atom. The number of hydrogen-bond donors (Lipinski definition) is 2. The molecule has 1 atom stereocenters. The van der Waals surface area contributed by atoms with Crippen LogP contribution in [0.15, 0.2) is 28.7 Å². The van der Waals surface area contributed by atoms with Gasteiger partial charge >= 0.3 is 0 Å². The summed E-state index contributed by atoms with van der Waals surface area (Å²) in [4.78, 5) is 31.3. The minimum atomic E-state index is -0.119. The Hall–Kier alpha value is -2.32. The summed E-state index contributed by atoms with van der Waals surface area (Å²) in [5, 5.41) is 6.23. The van der Waals surface area contributed by atoms with Crippen molar-refractivity contribution in [2.24, 2.45) is 0 Å². The van der Waals surface area contributed by atoms with E-state index in [-0.39, 0.29) is 17.7 Å². The third kappa shape index (κ3) is 5.49. The molecule has 2 fully saturated rings. The van der Waals surface area contributed by atoms with E-state index in [2.05, 4.69) is 10.6 Å². The van der Waals surface area contributed by atoms with Gasteiger partial charge in [-0.1, -0.05) is 6.42 Å². The van der Waals surface area contributed by atoms with Crippen molar-refractivity contribution >= 4 is 29.3 Å². The van der Waals surface area contributed by atoms with E-state index in [1.165, 1.54) is 6.92 Å². The molecule has 0 spiro atoms. The van der Waals surface area contributed by atoms with E-state index < -0.39 is 0 Å². The van der Waals surface area contributed by atoms with Gasteiger partial charge in [0.2, 0.25) is 5.91 Å². The van der Waals surface area contributed by atoms with Crippen LogP contribution in [0.4, 0.5) is 5.69 Å². The molecule has 2 aliphatic heterocycles. The maximum absolute atomic E-state index is 13.4. The molecule has 2 saturated heterocycles. The van der Waals surface area contributed by atoms with Crippen LogP contribution < -0.4 is 10.6 Å². The molecular formula is C23H30N4O3S. The second-order valence-corrected chi connectivity index (χ2v) is 9.35. The summed E-state index contributed by atoms with van der Waals surface area (Å²) >= 11 is 1.87. The monoisotopic (exact) mass is 442 g/mol. The zero-order chi connectivity index (χ0) is 21.6. The van der Waals surface area contributed by atoms with Crippen molar-refractivity contribution in [2.75, 3.05) is 43.0 Å². The van der Waals surface area contributed by atoms with E-state index in [0.29, 0.717) is 23.0 Å². The summed E-state index contributed by atoms with van der Waals surface area (Å²) < 4.78 is 6.29. The van der Waals surface area contributed by atoms with Crippen molar-refractivity contribution in [1.82, 2.24) is 15.2 Å². The van der Waals surface area contributed by atoms with Crippen LogP contribution in [0.2, 0.25) is 0 Å². The molecule has 0 aliphatic carbocycles. The normalized spacial score (nSPS) is 20.0. The first-order valence-corrected chi connectivity index (χ1v) is 12.2. The second kappa shape index (κ2) is 10.3. The van der Waals surface area contributed by atoms with Crippen molar-refractivity contribution < 1.29 is 14.0 Å². The van der Waals surface area contributed by atoms with Gasteiger partial charge in [0.25, 0.3) is 5.91 Å². The molecule has 31 heavy (non-hydrogen) atoms. The van der Waals surface area contributed by atoms with Gasteiger partial charge in [0.05, 0.1) is 0 Å². The van der Waals surface area contributed by atoms with E-state index in [4.69, 9.17) is 9.40 Å². The van der Waals surface area contributed by atoms with Crippen molar-refractivity contribution in [3.63, 3.8) is 0 Å². The van der Waals surface area contributed by atoms with Gasteiger partial charge < -0.3 is 20.0 Å². The van der Waals surface area contributed by atoms with Crippen LogP contribution in [0.5, 0.6) is 0 Å². The summed E-state index contributed by atoms with van der Waals surface area (Å²) in [6.45, 7) is 4.94. The van der Waals surface area contributed by atoms with E-state index in [1.807, 2.05) is 40.9 Å². The fourth-order valence-electron chi connectivity index (χ4n) is 4.11. The zero-order valence-electron chi connectivity index (χ0n) is 18.0. The quantitative estimate of drug-likeness (QED) is 0.750. The fraction of sp³-hybridized carbons (Fsp3) is 0.522. The minimum absolute atomic E-state index is 0.0554. The number of oxazole rings is 1. The summed E-state index contributed by atoms with van der Waals surface area (Å²) in [6.07, 6.45) is 4.24. The number of carbonyl (C=O) groups is 2. The largest absolute Gasteiger partial charge is 0.440 e. The first-order valence-electron chi connectivity index (χ1n) is 11.1. The van der Waals surface area contributed by atoms with Crippen LogP contribution in [-0.2, 0) is 4.79 Å². The lowest BCUT2D eigenvalue weighted by Crippen LogP contribution is -2.38. The zero-order valence-corrected chi connectivity index (χ0v) is 18.8. The number of anilines is 1. The number of aromatic nitrogens is 1. The number of rotatable bonds is 4. The molecule has 1 aromatic heterocycles. The molecule has 2 aliphatic rings. The molecule has 0 radical (unpaired) electrons. The average Bonchev–Trinajstić information content (AvgIpc) is 3.19. The van der Waals surface area contributed by atoms with Crippen LogP contribution in [-0.4, -0.2) is 59.4 Å². The van der Waals surface area contributed by atoms with Crippen LogP contribution in [0, 0.1) is 0 Å². The lowest BCUT2D eigenvalue weighted by molar-refractivity contribution is -0.114. The minimum Gasteiger partial charge on any atom is -0.440 e. The first kappa shape index (κ1) is 21.9. The van der Waals surface area contributed by atoms with Crippen LogP contribution in [0.3, 0.4) is 0 Å². The standard InChI is InChI=1S/C23H30N4O3S/c1-16(28)25-19-7-5-17(6-8-19)21-20(23(29)27-12-14-31-15-13-27)26-22(30-21)18-4-2-3-10-24-11-9-18/h5-8,18,24H,2-4,9-15H2,1H3,(H,25,28). The van der Waals surface area contributed by atoms with Crippen molar-refractivity contribution in [3.05, 3.63) is 35.9 Å². The number of hydrogen-bond acceptors (Lipinski definition) is 6. The topological polar surface area (TPSA) is 87.5 Å². The fourth-order valence-corrected chi connectivity index (χ4v) is 5.01. The highest BCUT2D eigenvalue weighted by molar-refractivity contribution is 7.99. The number of nitrogens with zero attached hydrogens (tertiary/aromatic N) is 2. The molecule has 4 rings (SSSR count). The van der Waals surface area contributed by atoms with Crippen molar-refractivity contribution in [2.45, 2.75) is 38.5 Å². The molecule has 2 N–H and O–H groups in total. The third-order valence-electron chi connectivity index (χ3n) is 5.79.